The zero-order valence-electron chi connectivity index (χ0n) is 19.0. The number of rotatable bonds is 16. The van der Waals surface area contributed by atoms with Crippen molar-refractivity contribution in [2.75, 3.05) is 12.0 Å². The molecule has 0 saturated carbocycles. The summed E-state index contributed by atoms with van der Waals surface area (Å²) in [5, 5.41) is 16.4. The van der Waals surface area contributed by atoms with Crippen molar-refractivity contribution in [3.63, 3.8) is 0 Å². The highest BCUT2D eigenvalue weighted by Crippen LogP contribution is 2.07. The summed E-state index contributed by atoms with van der Waals surface area (Å²) in [6, 6.07) is -4.79. The van der Waals surface area contributed by atoms with E-state index in [9.17, 15) is 33.9 Å². The van der Waals surface area contributed by atoms with Crippen molar-refractivity contribution < 1.29 is 33.9 Å². The van der Waals surface area contributed by atoms with Crippen LogP contribution in [0.4, 0.5) is 0 Å². The molecule has 0 aliphatic carbocycles. The predicted molar refractivity (Wildman–Crippen MR) is 121 cm³/mol. The standard InChI is InChI=1S/C19H34N6O7S/c1-9(2)15(25-16(28)10(20)4-5-13(21)26)18(30)23-11(6-7-33-3)17(29)24-12(19(31)32)8-14(22)27/h9-12,15H,4-8,20H2,1-3H3,(H2,21,26)(H2,22,27)(H,23,30)(H,24,29)(H,25,28)(H,31,32). The van der Waals surface area contributed by atoms with Crippen LogP contribution in [0.15, 0.2) is 0 Å². The van der Waals surface area contributed by atoms with Crippen LogP contribution >= 0.6 is 11.8 Å². The van der Waals surface area contributed by atoms with E-state index in [1.165, 1.54) is 11.8 Å². The molecular formula is C19H34N6O7S. The zero-order valence-corrected chi connectivity index (χ0v) is 19.8. The molecule has 0 rings (SSSR count). The number of carbonyl (C=O) groups excluding carboxylic acids is 5. The number of carboxylic acids is 1. The maximum absolute atomic E-state index is 12.9. The van der Waals surface area contributed by atoms with Gasteiger partial charge in [-0.3, -0.25) is 24.0 Å². The molecule has 0 aliphatic rings. The first kappa shape index (κ1) is 30.1. The monoisotopic (exact) mass is 490 g/mol. The van der Waals surface area contributed by atoms with Crippen molar-refractivity contribution in [3.05, 3.63) is 0 Å². The van der Waals surface area contributed by atoms with Crippen molar-refractivity contribution in [2.45, 2.75) is 63.7 Å². The fourth-order valence-electron chi connectivity index (χ4n) is 2.66. The molecule has 0 fully saturated rings. The van der Waals surface area contributed by atoms with Crippen molar-refractivity contribution >= 4 is 47.3 Å². The van der Waals surface area contributed by atoms with Gasteiger partial charge in [0.1, 0.15) is 18.1 Å². The van der Waals surface area contributed by atoms with E-state index >= 15 is 0 Å². The first-order chi connectivity index (χ1) is 15.3. The number of hydrogen-bond donors (Lipinski definition) is 7. The van der Waals surface area contributed by atoms with Gasteiger partial charge in [-0.05, 0) is 30.8 Å². The van der Waals surface area contributed by atoms with E-state index in [4.69, 9.17) is 17.2 Å². The molecule has 4 atom stereocenters. The third-order valence-electron chi connectivity index (χ3n) is 4.55. The van der Waals surface area contributed by atoms with Gasteiger partial charge < -0.3 is 38.3 Å². The Morgan fingerprint density at radius 2 is 1.42 bits per heavy atom. The van der Waals surface area contributed by atoms with Crippen molar-refractivity contribution in [2.24, 2.45) is 23.1 Å². The first-order valence-electron chi connectivity index (χ1n) is 10.2. The van der Waals surface area contributed by atoms with Gasteiger partial charge in [-0.1, -0.05) is 13.8 Å². The molecule has 13 nitrogen and oxygen atoms in total. The third-order valence-corrected chi connectivity index (χ3v) is 5.19. The summed E-state index contributed by atoms with van der Waals surface area (Å²) < 4.78 is 0. The molecule has 14 heteroatoms. The van der Waals surface area contributed by atoms with Crippen LogP contribution in [0.5, 0.6) is 0 Å². The van der Waals surface area contributed by atoms with Gasteiger partial charge in [0.05, 0.1) is 12.5 Å². The highest BCUT2D eigenvalue weighted by Gasteiger charge is 2.32. The van der Waals surface area contributed by atoms with Crippen LogP contribution in [0.2, 0.25) is 0 Å². The molecule has 0 radical (unpaired) electrons. The van der Waals surface area contributed by atoms with E-state index in [0.29, 0.717) is 5.75 Å². The van der Waals surface area contributed by atoms with E-state index < -0.39 is 66.1 Å². The number of hydrogen-bond acceptors (Lipinski definition) is 8. The van der Waals surface area contributed by atoms with Gasteiger partial charge in [0.25, 0.3) is 0 Å². The average molecular weight is 491 g/mol. The number of nitrogens with two attached hydrogens (primary N) is 3. The second-order valence-corrected chi connectivity index (χ2v) is 8.74. The quantitative estimate of drug-likeness (QED) is 0.120. The van der Waals surface area contributed by atoms with Gasteiger partial charge in [-0.2, -0.15) is 11.8 Å². The molecule has 0 aromatic heterocycles. The lowest BCUT2D eigenvalue weighted by Gasteiger charge is -2.26. The molecule has 0 aromatic rings. The Morgan fingerprint density at radius 1 is 0.848 bits per heavy atom. The summed E-state index contributed by atoms with van der Waals surface area (Å²) in [7, 11) is 0. The smallest absolute Gasteiger partial charge is 0.326 e. The molecule has 0 heterocycles. The Balaban J connectivity index is 5.37. The largest absolute Gasteiger partial charge is 0.480 e. The minimum absolute atomic E-state index is 0.00277. The molecular weight excluding hydrogens is 456 g/mol. The van der Waals surface area contributed by atoms with Gasteiger partial charge >= 0.3 is 5.97 Å². The summed E-state index contributed by atoms with van der Waals surface area (Å²) >= 11 is 1.40. The molecule has 0 aliphatic heterocycles. The van der Waals surface area contributed by atoms with Gasteiger partial charge in [-0.15, -0.1) is 0 Å². The molecule has 188 valence electrons. The molecule has 0 spiro atoms. The Hall–Kier alpha value is -2.87. The second-order valence-electron chi connectivity index (χ2n) is 7.75. The maximum Gasteiger partial charge on any atom is 0.326 e. The Morgan fingerprint density at radius 3 is 1.88 bits per heavy atom. The normalized spacial score (nSPS) is 14.5. The number of carboxylic acid groups (broad SMARTS) is 1. The van der Waals surface area contributed by atoms with E-state index in [0.717, 1.165) is 0 Å². The van der Waals surface area contributed by atoms with Crippen molar-refractivity contribution in [1.82, 2.24) is 16.0 Å². The highest BCUT2D eigenvalue weighted by molar-refractivity contribution is 7.98. The third kappa shape index (κ3) is 12.1. The number of nitrogens with one attached hydrogen (secondary N) is 3. The van der Waals surface area contributed by atoms with Gasteiger partial charge in [0, 0.05) is 6.42 Å². The van der Waals surface area contributed by atoms with Gasteiger partial charge in [0.15, 0.2) is 0 Å². The number of aliphatic carboxylic acids is 1. The van der Waals surface area contributed by atoms with Crippen LogP contribution in [-0.4, -0.2) is 76.8 Å². The van der Waals surface area contributed by atoms with E-state index in [-0.39, 0.29) is 25.2 Å². The zero-order chi connectivity index (χ0) is 25.7. The predicted octanol–water partition coefficient (Wildman–Crippen LogP) is -2.60. The molecule has 10 N–H and O–H groups in total. The highest BCUT2D eigenvalue weighted by atomic mass is 32.2. The average Bonchev–Trinajstić information content (AvgIpc) is 2.71. The molecule has 5 amide bonds. The van der Waals surface area contributed by atoms with Crippen LogP contribution in [0.25, 0.3) is 0 Å². The van der Waals surface area contributed by atoms with Crippen LogP contribution in [0, 0.1) is 5.92 Å². The lowest BCUT2D eigenvalue weighted by Crippen LogP contribution is -2.58. The lowest BCUT2D eigenvalue weighted by molar-refractivity contribution is -0.143. The second kappa shape index (κ2) is 15.1. The van der Waals surface area contributed by atoms with Crippen LogP contribution in [0.3, 0.4) is 0 Å². The molecule has 0 bridgehead atoms. The fourth-order valence-corrected chi connectivity index (χ4v) is 3.14. The number of thioether (sulfide) groups is 1. The first-order valence-corrected chi connectivity index (χ1v) is 11.6. The van der Waals surface area contributed by atoms with Crippen LogP contribution in [-0.2, 0) is 28.8 Å². The van der Waals surface area contributed by atoms with Gasteiger partial charge in [0.2, 0.25) is 29.5 Å². The Labute approximate surface area is 196 Å². The summed E-state index contributed by atoms with van der Waals surface area (Å²) in [6.45, 7) is 3.34. The summed E-state index contributed by atoms with van der Waals surface area (Å²) in [5.41, 5.74) is 15.8. The minimum Gasteiger partial charge on any atom is -0.480 e. The summed E-state index contributed by atoms with van der Waals surface area (Å²) in [5.74, 6) is -5.05. The maximum atomic E-state index is 12.9. The summed E-state index contributed by atoms with van der Waals surface area (Å²) in [6.07, 6.45) is 1.24. The SMILES string of the molecule is CSCCC(NC(=O)C(NC(=O)C(N)CCC(N)=O)C(C)C)C(=O)NC(CC(N)=O)C(=O)O. The summed E-state index contributed by atoms with van der Waals surface area (Å²) in [4.78, 5) is 71.1. The van der Waals surface area contributed by atoms with Crippen LogP contribution < -0.4 is 33.2 Å². The Kier molecular flexibility index (Phi) is 13.7. The fraction of sp³-hybridized carbons (Fsp3) is 0.684. The van der Waals surface area contributed by atoms with Crippen molar-refractivity contribution in [3.8, 4) is 0 Å². The van der Waals surface area contributed by atoms with Gasteiger partial charge in [-0.25, -0.2) is 4.79 Å². The van der Waals surface area contributed by atoms with Crippen LogP contribution in [0.1, 0.15) is 39.5 Å². The number of amides is 5. The molecule has 4 unspecified atom stereocenters. The van der Waals surface area contributed by atoms with E-state index in [1.54, 1.807) is 20.1 Å². The van der Waals surface area contributed by atoms with E-state index in [1.807, 2.05) is 0 Å². The topological polar surface area (TPSA) is 237 Å². The Bertz CT molecular complexity index is 733. The molecule has 0 aromatic carbocycles. The van der Waals surface area contributed by atoms with Crippen molar-refractivity contribution in [1.29, 1.82) is 0 Å². The lowest BCUT2D eigenvalue weighted by atomic mass is 10.0. The molecule has 0 saturated heterocycles. The minimum atomic E-state index is -1.55. The number of primary amides is 2. The number of carbonyl (C=O) groups is 6. The van der Waals surface area contributed by atoms with E-state index in [2.05, 4.69) is 16.0 Å². The molecule has 33 heavy (non-hydrogen) atoms.